The first-order chi connectivity index (χ1) is 15.0. The molecule has 5 rings (SSSR count). The van der Waals surface area contributed by atoms with Crippen molar-refractivity contribution in [3.63, 3.8) is 0 Å². The third kappa shape index (κ3) is 4.04. The van der Waals surface area contributed by atoms with Gasteiger partial charge < -0.3 is 19.6 Å². The number of ether oxygens (including phenoxy) is 1. The number of aromatic nitrogens is 1. The zero-order valence-electron chi connectivity index (χ0n) is 18.1. The van der Waals surface area contributed by atoms with Gasteiger partial charge in [-0.25, -0.2) is 0 Å². The summed E-state index contributed by atoms with van der Waals surface area (Å²) >= 11 is 6.27. The lowest BCUT2D eigenvalue weighted by molar-refractivity contribution is 0.313. The second kappa shape index (κ2) is 8.21. The van der Waals surface area contributed by atoms with Crippen LogP contribution in [0.25, 0.3) is 22.0 Å². The van der Waals surface area contributed by atoms with Crippen molar-refractivity contribution in [2.75, 3.05) is 45.2 Å². The molecule has 1 aliphatic carbocycles. The largest absolute Gasteiger partial charge is 0.503 e. The first-order valence-corrected chi connectivity index (χ1v) is 11.3. The molecular weight excluding hydrogens is 410 g/mol. The van der Waals surface area contributed by atoms with Crippen molar-refractivity contribution in [2.45, 2.75) is 19.3 Å². The summed E-state index contributed by atoms with van der Waals surface area (Å²) in [4.78, 5) is 9.73. The Kier molecular flexibility index (Phi) is 5.40. The van der Waals surface area contributed by atoms with E-state index in [2.05, 4.69) is 41.2 Å². The molecule has 1 saturated carbocycles. The summed E-state index contributed by atoms with van der Waals surface area (Å²) in [7, 11) is 3.72. The third-order valence-corrected chi connectivity index (χ3v) is 6.81. The highest BCUT2D eigenvalue weighted by molar-refractivity contribution is 6.32. The van der Waals surface area contributed by atoms with Gasteiger partial charge in [0.2, 0.25) is 0 Å². The molecule has 162 valence electrons. The lowest BCUT2D eigenvalue weighted by Gasteiger charge is -2.36. The minimum atomic E-state index is -0.0276. The van der Waals surface area contributed by atoms with E-state index in [0.29, 0.717) is 5.75 Å². The first-order valence-electron chi connectivity index (χ1n) is 11.0. The molecule has 2 aliphatic rings. The Labute approximate surface area is 188 Å². The van der Waals surface area contributed by atoms with Gasteiger partial charge in [0.25, 0.3) is 0 Å². The fraction of sp³-hybridized carbons (Fsp3) is 0.400. The van der Waals surface area contributed by atoms with Gasteiger partial charge in [0.1, 0.15) is 0 Å². The first kappa shape index (κ1) is 20.4. The lowest BCUT2D eigenvalue weighted by Crippen LogP contribution is -2.45. The van der Waals surface area contributed by atoms with E-state index in [1.165, 1.54) is 36.6 Å². The van der Waals surface area contributed by atoms with Crippen LogP contribution in [0.15, 0.2) is 36.5 Å². The van der Waals surface area contributed by atoms with Crippen molar-refractivity contribution in [3.8, 4) is 22.6 Å². The van der Waals surface area contributed by atoms with Gasteiger partial charge in [-0.2, -0.15) is 0 Å². The number of methoxy groups -OCH3 is 1. The zero-order valence-corrected chi connectivity index (χ0v) is 18.8. The fourth-order valence-electron chi connectivity index (χ4n) is 4.48. The summed E-state index contributed by atoms with van der Waals surface area (Å²) in [5, 5.41) is 11.6. The standard InChI is InChI=1S/C25H28ClN3O2/c1-28-7-9-29(10-8-28)24-19(11-16-3-4-16)15-27-22-6-5-17(12-20(22)24)18-13-21(26)25(30)23(14-18)31-2/h5-6,12-16,30H,3-4,7-11H2,1-2H3. The van der Waals surface area contributed by atoms with Gasteiger partial charge in [-0.3, -0.25) is 4.98 Å². The number of aromatic hydroxyl groups is 1. The number of fused-ring (bicyclic) bond motifs is 1. The molecule has 1 aliphatic heterocycles. The van der Waals surface area contributed by atoms with Gasteiger partial charge in [-0.05, 0) is 73.2 Å². The van der Waals surface area contributed by atoms with Gasteiger partial charge >= 0.3 is 0 Å². The van der Waals surface area contributed by atoms with E-state index in [1.54, 1.807) is 6.07 Å². The van der Waals surface area contributed by atoms with Gasteiger partial charge in [0.05, 0.1) is 23.3 Å². The molecule has 0 atom stereocenters. The number of rotatable bonds is 5. The van der Waals surface area contributed by atoms with Crippen molar-refractivity contribution in [3.05, 3.63) is 47.1 Å². The summed E-state index contributed by atoms with van der Waals surface area (Å²) in [5.74, 6) is 1.15. The minimum absolute atomic E-state index is 0.0276. The molecular formula is C25H28ClN3O2. The number of hydrogen-bond acceptors (Lipinski definition) is 5. The SMILES string of the molecule is COc1cc(-c2ccc3ncc(CC4CC4)c(N4CCN(C)CC4)c3c2)cc(Cl)c1O. The van der Waals surface area contributed by atoms with Crippen LogP contribution in [0.1, 0.15) is 18.4 Å². The summed E-state index contributed by atoms with van der Waals surface area (Å²) in [6, 6.07) is 9.98. The Morgan fingerprint density at radius 2 is 1.87 bits per heavy atom. The Hall–Kier alpha value is -2.50. The predicted octanol–water partition coefficient (Wildman–Crippen LogP) is 4.97. The van der Waals surface area contributed by atoms with E-state index in [0.717, 1.165) is 55.2 Å². The van der Waals surface area contributed by atoms with Crippen LogP contribution in [-0.4, -0.2) is 55.3 Å². The van der Waals surface area contributed by atoms with Crippen molar-refractivity contribution in [2.24, 2.45) is 5.92 Å². The van der Waals surface area contributed by atoms with Crippen LogP contribution < -0.4 is 9.64 Å². The maximum atomic E-state index is 10.1. The van der Waals surface area contributed by atoms with E-state index in [4.69, 9.17) is 21.3 Å². The molecule has 31 heavy (non-hydrogen) atoms. The number of phenolic OH excluding ortho intramolecular Hbond substituents is 1. The van der Waals surface area contributed by atoms with Crippen LogP contribution in [0.4, 0.5) is 5.69 Å². The molecule has 5 nitrogen and oxygen atoms in total. The predicted molar refractivity (Wildman–Crippen MR) is 127 cm³/mol. The van der Waals surface area contributed by atoms with Crippen molar-refractivity contribution >= 4 is 28.2 Å². The number of benzene rings is 2. The topological polar surface area (TPSA) is 48.8 Å². The summed E-state index contributed by atoms with van der Waals surface area (Å²) in [6.07, 6.45) is 5.85. The zero-order chi connectivity index (χ0) is 21.5. The quantitative estimate of drug-likeness (QED) is 0.610. The Balaban J connectivity index is 1.64. The number of phenols is 1. The van der Waals surface area contributed by atoms with E-state index >= 15 is 0 Å². The van der Waals surface area contributed by atoms with Gasteiger partial charge in [0, 0.05) is 37.8 Å². The average Bonchev–Trinajstić information content (AvgIpc) is 3.60. The summed E-state index contributed by atoms with van der Waals surface area (Å²) in [5.41, 5.74) is 5.66. The maximum Gasteiger partial charge on any atom is 0.176 e. The second-order valence-corrected chi connectivity index (χ2v) is 9.22. The minimum Gasteiger partial charge on any atom is -0.503 e. The molecule has 1 saturated heterocycles. The van der Waals surface area contributed by atoms with Crippen molar-refractivity contribution in [1.29, 1.82) is 0 Å². The molecule has 1 N–H and O–H groups in total. The molecule has 1 aromatic heterocycles. The molecule has 2 aromatic carbocycles. The highest BCUT2D eigenvalue weighted by Crippen LogP contribution is 2.41. The number of halogens is 1. The number of nitrogens with zero attached hydrogens (tertiary/aromatic N) is 3. The van der Waals surface area contributed by atoms with Crippen LogP contribution in [0.2, 0.25) is 5.02 Å². The second-order valence-electron chi connectivity index (χ2n) is 8.81. The molecule has 0 spiro atoms. The normalized spacial score (nSPS) is 17.3. The monoisotopic (exact) mass is 437 g/mol. The number of likely N-dealkylation sites (N-methyl/N-ethyl adjacent to an activating group) is 1. The van der Waals surface area contributed by atoms with Crippen LogP contribution in [0.3, 0.4) is 0 Å². The number of pyridine rings is 1. The highest BCUT2D eigenvalue weighted by Gasteiger charge is 2.26. The van der Waals surface area contributed by atoms with Crippen LogP contribution in [0.5, 0.6) is 11.5 Å². The summed E-state index contributed by atoms with van der Waals surface area (Å²) < 4.78 is 5.31. The molecule has 0 amide bonds. The number of anilines is 1. The average molecular weight is 438 g/mol. The Bertz CT molecular complexity index is 1120. The molecule has 0 unspecified atom stereocenters. The molecule has 2 heterocycles. The van der Waals surface area contributed by atoms with Gasteiger partial charge in [0.15, 0.2) is 11.5 Å². The summed E-state index contributed by atoms with van der Waals surface area (Å²) in [6.45, 7) is 4.18. The van der Waals surface area contributed by atoms with E-state index < -0.39 is 0 Å². The van der Waals surface area contributed by atoms with E-state index in [-0.39, 0.29) is 10.8 Å². The molecule has 3 aromatic rings. The number of hydrogen-bond donors (Lipinski definition) is 1. The highest BCUT2D eigenvalue weighted by atomic mass is 35.5. The lowest BCUT2D eigenvalue weighted by atomic mass is 9.98. The molecule has 2 fully saturated rings. The molecule has 6 heteroatoms. The van der Waals surface area contributed by atoms with Crippen LogP contribution in [-0.2, 0) is 6.42 Å². The van der Waals surface area contributed by atoms with Crippen molar-refractivity contribution in [1.82, 2.24) is 9.88 Å². The van der Waals surface area contributed by atoms with Crippen LogP contribution >= 0.6 is 11.6 Å². The van der Waals surface area contributed by atoms with Crippen LogP contribution in [0, 0.1) is 5.92 Å². The number of piperazine rings is 1. The molecule has 0 radical (unpaired) electrons. The Morgan fingerprint density at radius 1 is 1.10 bits per heavy atom. The molecule has 0 bridgehead atoms. The Morgan fingerprint density at radius 3 is 2.58 bits per heavy atom. The maximum absolute atomic E-state index is 10.1. The third-order valence-electron chi connectivity index (χ3n) is 6.52. The van der Waals surface area contributed by atoms with Gasteiger partial charge in [-0.15, -0.1) is 0 Å². The smallest absolute Gasteiger partial charge is 0.176 e. The van der Waals surface area contributed by atoms with E-state index in [1.807, 2.05) is 6.07 Å². The van der Waals surface area contributed by atoms with Crippen molar-refractivity contribution < 1.29 is 9.84 Å². The van der Waals surface area contributed by atoms with Gasteiger partial charge in [-0.1, -0.05) is 17.7 Å². The van der Waals surface area contributed by atoms with E-state index in [9.17, 15) is 5.11 Å². The fourth-order valence-corrected chi connectivity index (χ4v) is 4.69.